The first-order valence-electron chi connectivity index (χ1n) is 7.40. The van der Waals surface area contributed by atoms with Gasteiger partial charge in [0, 0.05) is 24.3 Å². The molecule has 1 heterocycles. The van der Waals surface area contributed by atoms with Crippen LogP contribution in [0.5, 0.6) is 0 Å². The first-order valence-corrected chi connectivity index (χ1v) is 7.40. The lowest BCUT2D eigenvalue weighted by Gasteiger charge is -2.15. The number of carbonyl (C=O) groups excluding carboxylic acids is 1. The molecule has 2 aromatic carbocycles. The highest BCUT2D eigenvalue weighted by Crippen LogP contribution is 2.18. The highest BCUT2D eigenvalue weighted by Gasteiger charge is 2.19. The van der Waals surface area contributed by atoms with Gasteiger partial charge >= 0.3 is 0 Å². The van der Waals surface area contributed by atoms with Crippen LogP contribution >= 0.6 is 0 Å². The van der Waals surface area contributed by atoms with E-state index >= 15 is 0 Å². The van der Waals surface area contributed by atoms with E-state index in [0.717, 1.165) is 37.0 Å². The van der Waals surface area contributed by atoms with E-state index in [1.165, 1.54) is 0 Å². The van der Waals surface area contributed by atoms with E-state index in [1.54, 1.807) is 18.2 Å². The number of halogens is 3. The summed E-state index contributed by atoms with van der Waals surface area (Å²) >= 11 is 0. The molecule has 0 atom stereocenters. The molecule has 1 aliphatic rings. The van der Waals surface area contributed by atoms with E-state index in [2.05, 4.69) is 15.6 Å². The molecule has 0 bridgehead atoms. The fourth-order valence-corrected chi connectivity index (χ4v) is 2.37. The number of amides is 1. The summed E-state index contributed by atoms with van der Waals surface area (Å²) in [5.41, 5.74) is 0.613. The molecule has 2 aromatic rings. The van der Waals surface area contributed by atoms with Crippen LogP contribution in [0.1, 0.15) is 22.3 Å². The van der Waals surface area contributed by atoms with Crippen molar-refractivity contribution in [3.8, 4) is 0 Å². The molecule has 4 nitrogen and oxygen atoms in total. The van der Waals surface area contributed by atoms with Crippen LogP contribution in [0.15, 0.2) is 41.4 Å². The molecule has 0 spiro atoms. The van der Waals surface area contributed by atoms with E-state index < -0.39 is 28.9 Å². The highest BCUT2D eigenvalue weighted by molar-refractivity contribution is 6.05. The summed E-state index contributed by atoms with van der Waals surface area (Å²) in [6.45, 7) is 1.54. The SMILES string of the molecule is O=C(Nc1cccc(C2=NCCCN2)c1)c1ccc(F)c(F)c1F. The van der Waals surface area contributed by atoms with Crippen LogP contribution in [0.2, 0.25) is 0 Å². The minimum atomic E-state index is -1.67. The zero-order valence-corrected chi connectivity index (χ0v) is 12.6. The molecular weight excluding hydrogens is 319 g/mol. The quantitative estimate of drug-likeness (QED) is 0.848. The van der Waals surface area contributed by atoms with Gasteiger partial charge in [-0.15, -0.1) is 0 Å². The van der Waals surface area contributed by atoms with E-state index in [4.69, 9.17) is 0 Å². The average molecular weight is 333 g/mol. The molecule has 0 saturated carbocycles. The van der Waals surface area contributed by atoms with Crippen LogP contribution in [-0.2, 0) is 0 Å². The number of amidine groups is 1. The van der Waals surface area contributed by atoms with Crippen LogP contribution in [0.4, 0.5) is 18.9 Å². The van der Waals surface area contributed by atoms with Crippen LogP contribution in [-0.4, -0.2) is 24.8 Å². The van der Waals surface area contributed by atoms with E-state index in [1.807, 2.05) is 6.07 Å². The van der Waals surface area contributed by atoms with Crippen LogP contribution in [0, 0.1) is 17.5 Å². The predicted molar refractivity (Wildman–Crippen MR) is 84.7 cm³/mol. The summed E-state index contributed by atoms with van der Waals surface area (Å²) < 4.78 is 39.9. The van der Waals surface area contributed by atoms with Crippen LogP contribution in [0.25, 0.3) is 0 Å². The van der Waals surface area contributed by atoms with Crippen molar-refractivity contribution in [3.63, 3.8) is 0 Å². The van der Waals surface area contributed by atoms with Crippen LogP contribution in [0.3, 0.4) is 0 Å². The lowest BCUT2D eigenvalue weighted by atomic mass is 10.1. The van der Waals surface area contributed by atoms with Gasteiger partial charge in [-0.3, -0.25) is 9.79 Å². The summed E-state index contributed by atoms with van der Waals surface area (Å²) in [6, 6.07) is 8.44. The minimum Gasteiger partial charge on any atom is -0.370 e. The molecule has 1 aliphatic heterocycles. The summed E-state index contributed by atoms with van der Waals surface area (Å²) in [5.74, 6) is -4.66. The van der Waals surface area contributed by atoms with Crippen molar-refractivity contribution in [1.82, 2.24) is 5.32 Å². The largest absolute Gasteiger partial charge is 0.370 e. The first-order chi connectivity index (χ1) is 11.6. The van der Waals surface area contributed by atoms with Crippen molar-refractivity contribution in [2.24, 2.45) is 4.99 Å². The Hall–Kier alpha value is -2.83. The summed E-state index contributed by atoms with van der Waals surface area (Å²) in [6.07, 6.45) is 0.954. The number of nitrogens with zero attached hydrogens (tertiary/aromatic N) is 1. The molecule has 1 amide bonds. The molecule has 2 N–H and O–H groups in total. The number of hydrogen-bond acceptors (Lipinski definition) is 3. The summed E-state index contributed by atoms with van der Waals surface area (Å²) in [5, 5.41) is 5.63. The molecule has 24 heavy (non-hydrogen) atoms. The van der Waals surface area contributed by atoms with Crippen molar-refractivity contribution in [1.29, 1.82) is 0 Å². The predicted octanol–water partition coefficient (Wildman–Crippen LogP) is 3.10. The van der Waals surface area contributed by atoms with E-state index in [9.17, 15) is 18.0 Å². The molecule has 0 fully saturated rings. The minimum absolute atomic E-state index is 0.400. The van der Waals surface area contributed by atoms with Crippen molar-refractivity contribution in [2.75, 3.05) is 18.4 Å². The van der Waals surface area contributed by atoms with Gasteiger partial charge < -0.3 is 10.6 Å². The Kier molecular flexibility index (Phi) is 4.50. The van der Waals surface area contributed by atoms with Crippen molar-refractivity contribution in [2.45, 2.75) is 6.42 Å². The Labute approximate surface area is 136 Å². The van der Waals surface area contributed by atoms with Gasteiger partial charge in [0.15, 0.2) is 17.5 Å². The third kappa shape index (κ3) is 3.24. The Morgan fingerprint density at radius 1 is 1.12 bits per heavy atom. The van der Waals surface area contributed by atoms with Gasteiger partial charge in [0.25, 0.3) is 5.91 Å². The van der Waals surface area contributed by atoms with Gasteiger partial charge in [-0.1, -0.05) is 12.1 Å². The molecule has 0 aliphatic carbocycles. The van der Waals surface area contributed by atoms with Gasteiger partial charge in [-0.25, -0.2) is 13.2 Å². The van der Waals surface area contributed by atoms with Gasteiger partial charge in [0.05, 0.1) is 5.56 Å². The van der Waals surface area contributed by atoms with Gasteiger partial charge in [0.2, 0.25) is 0 Å². The molecule has 0 saturated heterocycles. The Morgan fingerprint density at radius 2 is 1.96 bits per heavy atom. The molecule has 0 radical (unpaired) electrons. The molecule has 124 valence electrons. The molecular formula is C17H14F3N3O. The Morgan fingerprint density at radius 3 is 2.71 bits per heavy atom. The topological polar surface area (TPSA) is 53.5 Å². The van der Waals surface area contributed by atoms with Crippen molar-refractivity contribution < 1.29 is 18.0 Å². The number of hydrogen-bond donors (Lipinski definition) is 2. The zero-order chi connectivity index (χ0) is 17.1. The maximum Gasteiger partial charge on any atom is 0.258 e. The van der Waals surface area contributed by atoms with Crippen LogP contribution < -0.4 is 10.6 Å². The molecule has 0 unspecified atom stereocenters. The normalized spacial score (nSPS) is 13.9. The maximum atomic E-state index is 13.7. The number of nitrogens with one attached hydrogen (secondary N) is 2. The third-order valence-corrected chi connectivity index (χ3v) is 3.57. The summed E-state index contributed by atoms with van der Waals surface area (Å²) in [7, 11) is 0. The number of anilines is 1. The number of rotatable bonds is 3. The fourth-order valence-electron chi connectivity index (χ4n) is 2.37. The molecule has 0 aromatic heterocycles. The lowest BCUT2D eigenvalue weighted by Crippen LogP contribution is -2.30. The van der Waals surface area contributed by atoms with Crippen molar-refractivity contribution >= 4 is 17.4 Å². The standard InChI is InChI=1S/C17H14F3N3O/c18-13-6-5-12(14(19)15(13)20)17(24)23-11-4-1-3-10(9-11)16-21-7-2-8-22-16/h1,3-6,9H,2,7-8H2,(H,21,22)(H,23,24). The first kappa shape index (κ1) is 16.0. The Balaban J connectivity index is 1.82. The second-order valence-electron chi connectivity index (χ2n) is 5.27. The van der Waals surface area contributed by atoms with E-state index in [0.29, 0.717) is 11.8 Å². The number of aliphatic imine (C=N–C) groups is 1. The number of benzene rings is 2. The summed E-state index contributed by atoms with van der Waals surface area (Å²) in [4.78, 5) is 16.5. The van der Waals surface area contributed by atoms with Gasteiger partial charge in [0.1, 0.15) is 5.84 Å². The second kappa shape index (κ2) is 6.74. The Bertz CT molecular complexity index is 821. The monoisotopic (exact) mass is 333 g/mol. The lowest BCUT2D eigenvalue weighted by molar-refractivity contribution is 0.102. The van der Waals surface area contributed by atoms with Crippen molar-refractivity contribution in [3.05, 3.63) is 65.0 Å². The number of carbonyl (C=O) groups is 1. The van der Waals surface area contributed by atoms with Gasteiger partial charge in [-0.2, -0.15) is 0 Å². The molecule has 7 heteroatoms. The fraction of sp³-hybridized carbons (Fsp3) is 0.176. The second-order valence-corrected chi connectivity index (χ2v) is 5.27. The molecule has 3 rings (SSSR count). The zero-order valence-electron chi connectivity index (χ0n) is 12.6. The van der Waals surface area contributed by atoms with E-state index in [-0.39, 0.29) is 0 Å². The third-order valence-electron chi connectivity index (χ3n) is 3.57. The average Bonchev–Trinajstić information content (AvgIpc) is 2.60. The highest BCUT2D eigenvalue weighted by atomic mass is 19.2. The van der Waals surface area contributed by atoms with Gasteiger partial charge in [-0.05, 0) is 30.7 Å². The smallest absolute Gasteiger partial charge is 0.258 e. The maximum absolute atomic E-state index is 13.7.